The van der Waals surface area contributed by atoms with E-state index in [-0.39, 0.29) is 5.41 Å². The maximum absolute atomic E-state index is 6.39. The Morgan fingerprint density at radius 3 is 2.24 bits per heavy atom. The molecule has 3 heterocycles. The van der Waals surface area contributed by atoms with Crippen LogP contribution in [0.3, 0.4) is 0 Å². The quantitative estimate of drug-likeness (QED) is 0.500. The second-order valence-corrected chi connectivity index (χ2v) is 8.94. The first-order chi connectivity index (χ1) is 9.77. The molecule has 1 aromatic heterocycles. The highest BCUT2D eigenvalue weighted by atomic mass is 127. The van der Waals surface area contributed by atoms with Crippen molar-refractivity contribution in [1.29, 1.82) is 0 Å². The van der Waals surface area contributed by atoms with Gasteiger partial charge in [0, 0.05) is 23.4 Å². The number of hydrogen-bond acceptors (Lipinski definition) is 3. The average Bonchev–Trinajstić information content (AvgIpc) is 2.63. The largest absolute Gasteiger partial charge is 0.300 e. The van der Waals surface area contributed by atoms with Gasteiger partial charge in [0.2, 0.25) is 0 Å². The van der Waals surface area contributed by atoms with E-state index in [1.807, 2.05) is 0 Å². The van der Waals surface area contributed by atoms with E-state index >= 15 is 0 Å². The topological polar surface area (TPSA) is 29.0 Å². The monoisotopic (exact) mass is 419 g/mol. The Morgan fingerprint density at radius 1 is 1.14 bits per heavy atom. The molecule has 0 spiro atoms. The van der Waals surface area contributed by atoms with Gasteiger partial charge in [-0.2, -0.15) is 0 Å². The van der Waals surface area contributed by atoms with Crippen LogP contribution in [-0.4, -0.2) is 34.0 Å². The lowest BCUT2D eigenvalue weighted by Gasteiger charge is -2.36. The van der Waals surface area contributed by atoms with E-state index in [4.69, 9.17) is 16.6 Å². The summed E-state index contributed by atoms with van der Waals surface area (Å²) in [6, 6.07) is 1.40. The molecule has 1 aromatic rings. The molecule has 3 nitrogen and oxygen atoms in total. The van der Waals surface area contributed by atoms with Gasteiger partial charge >= 0.3 is 0 Å². The minimum absolute atomic E-state index is 0.00228. The van der Waals surface area contributed by atoms with Crippen molar-refractivity contribution in [2.45, 2.75) is 69.9 Å². The highest BCUT2D eigenvalue weighted by molar-refractivity contribution is 14.1. The van der Waals surface area contributed by atoms with Crippen LogP contribution >= 0.6 is 34.2 Å². The summed E-state index contributed by atoms with van der Waals surface area (Å²) in [7, 11) is 2.26. The first-order valence-electron chi connectivity index (χ1n) is 7.72. The Morgan fingerprint density at radius 2 is 1.71 bits per heavy atom. The van der Waals surface area contributed by atoms with Crippen LogP contribution in [0.5, 0.6) is 0 Å². The molecule has 0 aliphatic carbocycles. The van der Waals surface area contributed by atoms with Gasteiger partial charge in [-0.1, -0.05) is 32.4 Å². The summed E-state index contributed by atoms with van der Waals surface area (Å²) in [5.41, 5.74) is 1.09. The third kappa shape index (κ3) is 2.95. The maximum Gasteiger partial charge on any atom is 0.146 e. The number of nitrogens with zero attached hydrogens (tertiary/aromatic N) is 3. The summed E-state index contributed by atoms with van der Waals surface area (Å²) in [5.74, 6) is 1.43. The number of rotatable bonds is 1. The zero-order valence-corrected chi connectivity index (χ0v) is 16.1. The van der Waals surface area contributed by atoms with E-state index in [2.05, 4.69) is 60.3 Å². The van der Waals surface area contributed by atoms with Crippen molar-refractivity contribution in [2.75, 3.05) is 7.05 Å². The standard InChI is InChI=1S/C16H23ClIN3/c1-16(2,3)13-12(18)14(17)20-15(19-13)9-7-10-5-6-11(8-9)21(10)4/h9-11H,5-8H2,1-4H3. The summed E-state index contributed by atoms with van der Waals surface area (Å²) in [6.45, 7) is 6.57. The summed E-state index contributed by atoms with van der Waals surface area (Å²) in [4.78, 5) is 12.1. The Balaban J connectivity index is 1.95. The maximum atomic E-state index is 6.39. The van der Waals surface area contributed by atoms with Crippen molar-refractivity contribution in [2.24, 2.45) is 0 Å². The molecule has 2 aliphatic heterocycles. The van der Waals surface area contributed by atoms with Gasteiger partial charge in [-0.05, 0) is 55.3 Å². The zero-order valence-electron chi connectivity index (χ0n) is 13.2. The molecular formula is C16H23ClIN3. The van der Waals surface area contributed by atoms with Crippen molar-refractivity contribution in [3.05, 3.63) is 20.2 Å². The zero-order chi connectivity index (χ0) is 15.4. The van der Waals surface area contributed by atoms with Crippen LogP contribution < -0.4 is 0 Å². The van der Waals surface area contributed by atoms with Crippen LogP contribution in [0.15, 0.2) is 0 Å². The lowest BCUT2D eigenvalue weighted by atomic mass is 9.89. The van der Waals surface area contributed by atoms with Gasteiger partial charge in [-0.25, -0.2) is 9.97 Å². The van der Waals surface area contributed by atoms with Gasteiger partial charge in [0.05, 0.1) is 9.26 Å². The summed E-state index contributed by atoms with van der Waals surface area (Å²) in [5, 5.41) is 0.622. The molecule has 0 saturated carbocycles. The molecule has 0 radical (unpaired) electrons. The number of fused-ring (bicyclic) bond motifs is 2. The number of halogens is 2. The van der Waals surface area contributed by atoms with Gasteiger partial charge < -0.3 is 4.90 Å². The molecular weight excluding hydrogens is 397 g/mol. The third-order valence-electron chi connectivity index (χ3n) is 5.00. The van der Waals surface area contributed by atoms with Gasteiger partial charge in [-0.3, -0.25) is 0 Å². The second kappa shape index (κ2) is 5.60. The molecule has 0 amide bonds. The fourth-order valence-electron chi connectivity index (χ4n) is 3.74. The van der Waals surface area contributed by atoms with E-state index in [9.17, 15) is 0 Å². The van der Waals surface area contributed by atoms with Gasteiger partial charge in [-0.15, -0.1) is 0 Å². The van der Waals surface area contributed by atoms with Crippen LogP contribution in [0.2, 0.25) is 5.15 Å². The van der Waals surface area contributed by atoms with E-state index in [0.717, 1.165) is 15.1 Å². The number of piperidine rings is 1. The number of aromatic nitrogens is 2. The normalized spacial score (nSPS) is 29.9. The Hall–Kier alpha value is 0.0600. The Kier molecular flexibility index (Phi) is 4.25. The molecule has 3 rings (SSSR count). The van der Waals surface area contributed by atoms with Crippen LogP contribution in [0.25, 0.3) is 0 Å². The van der Waals surface area contributed by atoms with Gasteiger partial charge in [0.15, 0.2) is 0 Å². The molecule has 2 fully saturated rings. The highest BCUT2D eigenvalue weighted by Crippen LogP contribution is 2.42. The fraction of sp³-hybridized carbons (Fsp3) is 0.750. The van der Waals surface area contributed by atoms with E-state index < -0.39 is 0 Å². The molecule has 2 saturated heterocycles. The van der Waals surface area contributed by atoms with Crippen molar-refractivity contribution in [3.63, 3.8) is 0 Å². The van der Waals surface area contributed by atoms with Gasteiger partial charge in [0.25, 0.3) is 0 Å². The van der Waals surface area contributed by atoms with Crippen molar-refractivity contribution in [1.82, 2.24) is 14.9 Å². The first-order valence-corrected chi connectivity index (χ1v) is 9.18. The van der Waals surface area contributed by atoms with E-state index in [1.54, 1.807) is 0 Å². The molecule has 21 heavy (non-hydrogen) atoms. The Bertz CT molecular complexity index is 541. The molecule has 2 bridgehead atoms. The SMILES string of the molecule is CN1C2CCC1CC(c1nc(Cl)c(I)c(C(C)(C)C)n1)C2. The van der Waals surface area contributed by atoms with Crippen molar-refractivity contribution in [3.8, 4) is 0 Å². The van der Waals surface area contributed by atoms with Crippen LogP contribution in [0.4, 0.5) is 0 Å². The molecule has 2 atom stereocenters. The molecule has 5 heteroatoms. The molecule has 0 N–H and O–H groups in total. The predicted molar refractivity (Wildman–Crippen MR) is 95.0 cm³/mol. The summed E-state index contributed by atoms with van der Waals surface area (Å²) in [6.07, 6.45) is 4.99. The van der Waals surface area contributed by atoms with Gasteiger partial charge in [0.1, 0.15) is 11.0 Å². The van der Waals surface area contributed by atoms with Crippen molar-refractivity contribution >= 4 is 34.2 Å². The lowest BCUT2D eigenvalue weighted by Crippen LogP contribution is -2.39. The average molecular weight is 420 g/mol. The van der Waals surface area contributed by atoms with Crippen molar-refractivity contribution < 1.29 is 0 Å². The van der Waals surface area contributed by atoms with Crippen LogP contribution in [-0.2, 0) is 5.41 Å². The first kappa shape index (κ1) is 15.9. The summed E-state index contributed by atoms with van der Waals surface area (Å²) < 4.78 is 1.00. The second-order valence-electron chi connectivity index (χ2n) is 7.50. The molecule has 2 aliphatic rings. The predicted octanol–water partition coefficient (Wildman–Crippen LogP) is 4.37. The molecule has 116 valence electrons. The van der Waals surface area contributed by atoms with Crippen LogP contribution in [0.1, 0.15) is 63.9 Å². The third-order valence-corrected chi connectivity index (χ3v) is 6.62. The minimum Gasteiger partial charge on any atom is -0.300 e. The lowest BCUT2D eigenvalue weighted by molar-refractivity contribution is 0.158. The number of hydrogen-bond donors (Lipinski definition) is 0. The fourth-order valence-corrected chi connectivity index (χ4v) is 4.96. The van der Waals surface area contributed by atoms with E-state index in [1.165, 1.54) is 25.7 Å². The summed E-state index contributed by atoms with van der Waals surface area (Å²) >= 11 is 8.67. The highest BCUT2D eigenvalue weighted by Gasteiger charge is 2.40. The molecule has 0 aromatic carbocycles. The van der Waals surface area contributed by atoms with Crippen LogP contribution in [0, 0.1) is 3.57 Å². The minimum atomic E-state index is 0.00228. The smallest absolute Gasteiger partial charge is 0.146 e. The Labute approximate surface area is 146 Å². The molecule has 2 unspecified atom stereocenters. The van der Waals surface area contributed by atoms with E-state index in [0.29, 0.717) is 23.2 Å².